The maximum absolute atomic E-state index is 6.51. The highest BCUT2D eigenvalue weighted by Gasteiger charge is 2.40. The molecule has 0 bridgehead atoms. The van der Waals surface area contributed by atoms with Crippen LogP contribution in [0, 0.1) is 0 Å². The molecule has 4 aromatic carbocycles. The van der Waals surface area contributed by atoms with Crippen LogP contribution in [0.15, 0.2) is 120 Å². The lowest BCUT2D eigenvalue weighted by Gasteiger charge is -2.35. The lowest BCUT2D eigenvalue weighted by atomic mass is 9.70. The van der Waals surface area contributed by atoms with Crippen molar-refractivity contribution in [2.45, 2.75) is 18.8 Å². The normalized spacial score (nSPS) is 17.1. The Morgan fingerprint density at radius 2 is 1.51 bits per heavy atom. The average Bonchev–Trinajstić information content (AvgIpc) is 3.49. The molecule has 7 rings (SSSR count). The number of nitrogens with one attached hydrogen (secondary N) is 2. The summed E-state index contributed by atoms with van der Waals surface area (Å²) >= 11 is 0. The van der Waals surface area contributed by atoms with Gasteiger partial charge in [0.1, 0.15) is 11.2 Å². The van der Waals surface area contributed by atoms with Crippen LogP contribution in [0.5, 0.6) is 0 Å². The number of hydrogen-bond donors (Lipinski definition) is 2. The van der Waals surface area contributed by atoms with E-state index in [1.165, 1.54) is 49.4 Å². The number of aromatic nitrogens is 1. The fraction of sp³-hybridized carbons (Fsp3) is 0.143. The van der Waals surface area contributed by atoms with Gasteiger partial charge in [0, 0.05) is 45.4 Å². The Hall–Kier alpha value is -4.54. The summed E-state index contributed by atoms with van der Waals surface area (Å²) in [6.45, 7) is 2.80. The molecule has 1 aliphatic carbocycles. The van der Waals surface area contributed by atoms with Crippen molar-refractivity contribution in [2.75, 3.05) is 13.6 Å². The molecule has 6 aromatic rings. The minimum absolute atomic E-state index is 0.291. The predicted octanol–water partition coefficient (Wildman–Crippen LogP) is 8.09. The Bertz CT molecular complexity index is 1940. The first-order valence-corrected chi connectivity index (χ1v) is 13.6. The highest BCUT2D eigenvalue weighted by molar-refractivity contribution is 6.30. The Labute approximate surface area is 227 Å². The number of allylic oxidation sites excluding steroid dienone is 4. The largest absolute Gasteiger partial charge is 0.456 e. The quantitative estimate of drug-likeness (QED) is 0.204. The van der Waals surface area contributed by atoms with Crippen molar-refractivity contribution in [1.29, 1.82) is 0 Å². The van der Waals surface area contributed by atoms with E-state index in [1.54, 1.807) is 0 Å². The summed E-state index contributed by atoms with van der Waals surface area (Å²) in [5.41, 5.74) is 7.87. The lowest BCUT2D eigenvalue weighted by Crippen LogP contribution is -2.38. The molecule has 2 heterocycles. The number of furan rings is 1. The standard InChI is InChI=1S/C35H31N3O/c1-3-21-37-22-9-5-8-20-35(23-36-2)25-14-10-16-27-31(25)33-28(38(27)24-12-6-4-7-13-24)18-19-30-34(33)32-26(35)15-11-17-29(32)39-30/h3-19,21-22,36-37H,20,23H2,1-2H3/b8-5-,21-3+,22-9-. The smallest absolute Gasteiger partial charge is 0.136 e. The summed E-state index contributed by atoms with van der Waals surface area (Å²) in [4.78, 5) is 0. The number of nitrogens with zero attached hydrogens (tertiary/aromatic N) is 1. The Balaban J connectivity index is 1.59. The van der Waals surface area contributed by atoms with Gasteiger partial charge in [0.2, 0.25) is 0 Å². The molecule has 0 amide bonds. The predicted molar refractivity (Wildman–Crippen MR) is 164 cm³/mol. The van der Waals surface area contributed by atoms with Crippen molar-refractivity contribution >= 4 is 43.7 Å². The fourth-order valence-electron chi connectivity index (χ4n) is 6.65. The van der Waals surface area contributed by atoms with Crippen molar-refractivity contribution in [3.8, 4) is 5.69 Å². The maximum atomic E-state index is 6.51. The molecular formula is C35H31N3O. The molecule has 0 radical (unpaired) electrons. The molecule has 0 saturated heterocycles. The van der Waals surface area contributed by atoms with Gasteiger partial charge in [-0.2, -0.15) is 0 Å². The van der Waals surface area contributed by atoms with E-state index < -0.39 is 0 Å². The van der Waals surface area contributed by atoms with E-state index in [9.17, 15) is 0 Å². The molecule has 192 valence electrons. The van der Waals surface area contributed by atoms with Crippen LogP contribution in [0.25, 0.3) is 49.4 Å². The van der Waals surface area contributed by atoms with Crippen molar-refractivity contribution < 1.29 is 4.42 Å². The summed E-state index contributed by atoms with van der Waals surface area (Å²) in [5, 5.41) is 11.8. The monoisotopic (exact) mass is 509 g/mol. The van der Waals surface area contributed by atoms with Crippen molar-refractivity contribution in [3.05, 3.63) is 127 Å². The molecular weight excluding hydrogens is 478 g/mol. The van der Waals surface area contributed by atoms with E-state index in [2.05, 4.69) is 119 Å². The van der Waals surface area contributed by atoms with Gasteiger partial charge < -0.3 is 19.6 Å². The van der Waals surface area contributed by atoms with Crippen LogP contribution in [0.2, 0.25) is 0 Å². The molecule has 0 fully saturated rings. The fourth-order valence-corrected chi connectivity index (χ4v) is 6.65. The second-order valence-corrected chi connectivity index (χ2v) is 10.3. The Morgan fingerprint density at radius 3 is 2.33 bits per heavy atom. The first-order valence-electron chi connectivity index (χ1n) is 13.6. The molecule has 4 heteroatoms. The maximum Gasteiger partial charge on any atom is 0.136 e. The molecule has 39 heavy (non-hydrogen) atoms. The highest BCUT2D eigenvalue weighted by atomic mass is 16.3. The average molecular weight is 510 g/mol. The van der Waals surface area contributed by atoms with Crippen LogP contribution in [-0.4, -0.2) is 18.2 Å². The van der Waals surface area contributed by atoms with E-state index in [4.69, 9.17) is 4.42 Å². The summed E-state index contributed by atoms with van der Waals surface area (Å²) in [6.07, 6.45) is 13.2. The zero-order valence-electron chi connectivity index (χ0n) is 22.2. The van der Waals surface area contributed by atoms with Gasteiger partial charge in [-0.3, -0.25) is 0 Å². The van der Waals surface area contributed by atoms with Crippen LogP contribution in [-0.2, 0) is 5.41 Å². The molecule has 1 atom stereocenters. The number of rotatable bonds is 8. The molecule has 1 unspecified atom stereocenters. The molecule has 0 aliphatic heterocycles. The van der Waals surface area contributed by atoms with Crippen molar-refractivity contribution in [2.24, 2.45) is 0 Å². The minimum atomic E-state index is -0.291. The second-order valence-electron chi connectivity index (χ2n) is 10.3. The number of para-hydroxylation sites is 1. The van der Waals surface area contributed by atoms with Gasteiger partial charge in [-0.25, -0.2) is 0 Å². The third-order valence-electron chi connectivity index (χ3n) is 8.11. The van der Waals surface area contributed by atoms with Crippen molar-refractivity contribution in [3.63, 3.8) is 0 Å². The van der Waals surface area contributed by atoms with Gasteiger partial charge in [0.15, 0.2) is 0 Å². The SMILES string of the molecule is C/C=C/N/C=C\C=C/CC1(CNC)c2cccc3oc4ccc5c(c6c1cccc6n5-c1ccccc1)c4c23. The van der Waals surface area contributed by atoms with Crippen LogP contribution in [0.1, 0.15) is 24.5 Å². The van der Waals surface area contributed by atoms with Gasteiger partial charge in [-0.15, -0.1) is 0 Å². The second kappa shape index (κ2) is 9.33. The topological polar surface area (TPSA) is 42.1 Å². The number of hydrogen-bond acceptors (Lipinski definition) is 3. The molecule has 4 nitrogen and oxygen atoms in total. The summed E-state index contributed by atoms with van der Waals surface area (Å²) < 4.78 is 8.93. The van der Waals surface area contributed by atoms with E-state index >= 15 is 0 Å². The molecule has 0 spiro atoms. The van der Waals surface area contributed by atoms with E-state index in [0.717, 1.165) is 24.1 Å². The van der Waals surface area contributed by atoms with Crippen molar-refractivity contribution in [1.82, 2.24) is 15.2 Å². The Morgan fingerprint density at radius 1 is 0.744 bits per heavy atom. The molecule has 0 saturated carbocycles. The van der Waals surface area contributed by atoms with Crippen LogP contribution in [0.3, 0.4) is 0 Å². The lowest BCUT2D eigenvalue weighted by molar-refractivity contribution is 0.498. The van der Waals surface area contributed by atoms with Crippen LogP contribution >= 0.6 is 0 Å². The number of likely N-dealkylation sites (N-methyl/N-ethyl adjacent to an activating group) is 1. The van der Waals surface area contributed by atoms with Crippen LogP contribution in [0.4, 0.5) is 0 Å². The summed E-state index contributed by atoms with van der Waals surface area (Å²) in [7, 11) is 2.06. The van der Waals surface area contributed by atoms with E-state index in [0.29, 0.717) is 0 Å². The highest BCUT2D eigenvalue weighted by Crippen LogP contribution is 2.52. The molecule has 2 aromatic heterocycles. The molecule has 2 N–H and O–H groups in total. The van der Waals surface area contributed by atoms with Crippen LogP contribution < -0.4 is 10.6 Å². The minimum Gasteiger partial charge on any atom is -0.456 e. The van der Waals surface area contributed by atoms with Gasteiger partial charge in [0.25, 0.3) is 0 Å². The van der Waals surface area contributed by atoms with E-state index in [1.807, 2.05) is 25.4 Å². The van der Waals surface area contributed by atoms with Gasteiger partial charge >= 0.3 is 0 Å². The zero-order valence-corrected chi connectivity index (χ0v) is 22.2. The summed E-state index contributed by atoms with van der Waals surface area (Å²) in [5.74, 6) is 0. The van der Waals surface area contributed by atoms with Gasteiger partial charge in [-0.05, 0) is 80.2 Å². The summed E-state index contributed by atoms with van der Waals surface area (Å²) in [6, 6.07) is 28.5. The third-order valence-corrected chi connectivity index (χ3v) is 8.11. The first kappa shape index (κ1) is 23.6. The molecule has 1 aliphatic rings. The van der Waals surface area contributed by atoms with Gasteiger partial charge in [0.05, 0.1) is 11.0 Å². The number of benzene rings is 4. The van der Waals surface area contributed by atoms with E-state index in [-0.39, 0.29) is 5.41 Å². The van der Waals surface area contributed by atoms with Gasteiger partial charge in [-0.1, -0.05) is 60.7 Å². The third kappa shape index (κ3) is 3.42. The zero-order chi connectivity index (χ0) is 26.4. The first-order chi connectivity index (χ1) is 19.3. The Kier molecular flexibility index (Phi) is 5.64.